The van der Waals surface area contributed by atoms with E-state index in [4.69, 9.17) is 0 Å². The lowest BCUT2D eigenvalue weighted by Crippen LogP contribution is -2.33. The number of carbonyl (C=O) groups is 2. The van der Waals surface area contributed by atoms with E-state index in [1.165, 1.54) is 18.2 Å². The number of allylic oxidation sites excluding steroid dienone is 2. The fourth-order valence-corrected chi connectivity index (χ4v) is 4.69. The maximum absolute atomic E-state index is 12.7. The van der Waals surface area contributed by atoms with Crippen LogP contribution in [0.25, 0.3) is 0 Å². The molecule has 2 amide bonds. The molecule has 1 N–H and O–H groups in total. The summed E-state index contributed by atoms with van der Waals surface area (Å²) in [5.41, 5.74) is -0.0447. The second kappa shape index (κ2) is 4.44. The van der Waals surface area contributed by atoms with Gasteiger partial charge in [-0.25, -0.2) is 13.3 Å². The van der Waals surface area contributed by atoms with Crippen molar-refractivity contribution in [2.45, 2.75) is 11.3 Å². The molecule has 7 heteroatoms. The largest absolute Gasteiger partial charge is 0.506 e. The number of sulfone groups is 1. The molecular weight excluding hydrogens is 318 g/mol. The quantitative estimate of drug-likeness (QED) is 0.646. The van der Waals surface area contributed by atoms with Crippen molar-refractivity contribution in [3.8, 4) is 5.75 Å². The molecule has 2 fully saturated rings. The Balaban J connectivity index is 1.81. The summed E-state index contributed by atoms with van der Waals surface area (Å²) in [4.78, 5) is 26.3. The van der Waals surface area contributed by atoms with Gasteiger partial charge in [-0.2, -0.15) is 0 Å². The first-order valence-electron chi connectivity index (χ1n) is 7.38. The third kappa shape index (κ3) is 1.89. The molecule has 0 radical (unpaired) electrons. The van der Waals surface area contributed by atoms with Crippen LogP contribution in [0.2, 0.25) is 0 Å². The molecule has 1 saturated heterocycles. The highest BCUT2D eigenvalue weighted by molar-refractivity contribution is 7.90. The molecule has 3 aliphatic rings. The number of benzene rings is 1. The number of hydrogen-bond donors (Lipinski definition) is 1. The van der Waals surface area contributed by atoms with Crippen molar-refractivity contribution in [2.75, 3.05) is 11.2 Å². The summed E-state index contributed by atoms with van der Waals surface area (Å²) in [6.07, 6.45) is 5.81. The van der Waals surface area contributed by atoms with E-state index in [2.05, 4.69) is 0 Å². The number of phenolic OH excluding ortho intramolecular Hbond substituents is 1. The number of aromatic hydroxyl groups is 1. The Morgan fingerprint density at radius 1 is 1.09 bits per heavy atom. The summed E-state index contributed by atoms with van der Waals surface area (Å²) in [7, 11) is -3.51. The number of amides is 2. The van der Waals surface area contributed by atoms with Crippen molar-refractivity contribution in [3.05, 3.63) is 30.4 Å². The van der Waals surface area contributed by atoms with Crippen LogP contribution in [0, 0.1) is 23.7 Å². The summed E-state index contributed by atoms with van der Waals surface area (Å²) in [5.74, 6) is -1.63. The third-order valence-electron chi connectivity index (χ3n) is 5.09. The van der Waals surface area contributed by atoms with Gasteiger partial charge in [0.1, 0.15) is 5.75 Å². The highest BCUT2D eigenvalue weighted by Crippen LogP contribution is 2.53. The lowest BCUT2D eigenvalue weighted by Gasteiger charge is -2.19. The van der Waals surface area contributed by atoms with Crippen molar-refractivity contribution < 1.29 is 23.1 Å². The second-order valence-electron chi connectivity index (χ2n) is 6.43. The van der Waals surface area contributed by atoms with Crippen molar-refractivity contribution in [3.63, 3.8) is 0 Å². The molecule has 2 bridgehead atoms. The lowest BCUT2D eigenvalue weighted by atomic mass is 9.85. The van der Waals surface area contributed by atoms with Gasteiger partial charge in [0, 0.05) is 6.26 Å². The molecule has 4 rings (SSSR count). The molecule has 1 heterocycles. The molecule has 1 aromatic carbocycles. The molecule has 0 aromatic heterocycles. The zero-order valence-electron chi connectivity index (χ0n) is 12.3. The topological polar surface area (TPSA) is 91.8 Å². The Bertz CT molecular complexity index is 842. The standard InChI is InChI=1S/C16H15NO5S/c1-23(21,22)10-4-5-12(18)11(7-10)17-15(19)13-8-2-3-9(6-8)14(13)16(17)20/h2-5,7-9,13-14,18H,6H2,1H3/t8-,9-,13-,14-/m0/s1. The van der Waals surface area contributed by atoms with Crippen LogP contribution in [0.5, 0.6) is 5.75 Å². The Labute approximate surface area is 133 Å². The first-order chi connectivity index (χ1) is 10.8. The van der Waals surface area contributed by atoms with Crippen LogP contribution in [0.1, 0.15) is 6.42 Å². The molecule has 1 saturated carbocycles. The van der Waals surface area contributed by atoms with Gasteiger partial charge in [0.05, 0.1) is 22.4 Å². The first kappa shape index (κ1) is 14.4. The van der Waals surface area contributed by atoms with E-state index in [0.717, 1.165) is 17.6 Å². The van der Waals surface area contributed by atoms with Crippen molar-refractivity contribution in [2.24, 2.45) is 23.7 Å². The summed E-state index contributed by atoms with van der Waals surface area (Å²) in [6, 6.07) is 3.65. The number of fused-ring (bicyclic) bond motifs is 5. The average Bonchev–Trinajstić information content (AvgIpc) is 3.13. The normalized spacial score (nSPS) is 32.0. The molecule has 0 unspecified atom stereocenters. The van der Waals surface area contributed by atoms with Crippen LogP contribution >= 0.6 is 0 Å². The molecule has 4 atom stereocenters. The Morgan fingerprint density at radius 2 is 1.65 bits per heavy atom. The van der Waals surface area contributed by atoms with E-state index < -0.39 is 21.7 Å². The molecule has 1 aromatic rings. The predicted molar refractivity (Wildman–Crippen MR) is 81.4 cm³/mol. The van der Waals surface area contributed by atoms with Crippen LogP contribution < -0.4 is 4.90 Å². The molecule has 6 nitrogen and oxygen atoms in total. The summed E-state index contributed by atoms with van der Waals surface area (Å²) in [5, 5.41) is 10.1. The maximum Gasteiger partial charge on any atom is 0.238 e. The SMILES string of the molecule is CS(=O)(=O)c1ccc(O)c(N2C(=O)[C@@H]3[C@@H](C2=O)[C@H]2C=C[C@H]3C2)c1. The fourth-order valence-electron chi connectivity index (χ4n) is 4.05. The maximum atomic E-state index is 12.7. The van der Waals surface area contributed by atoms with Crippen LogP contribution in [0.15, 0.2) is 35.2 Å². The van der Waals surface area contributed by atoms with E-state index >= 15 is 0 Å². The minimum Gasteiger partial charge on any atom is -0.506 e. The van der Waals surface area contributed by atoms with Crippen LogP contribution in [-0.4, -0.2) is 31.6 Å². The van der Waals surface area contributed by atoms with Crippen LogP contribution in [0.4, 0.5) is 5.69 Å². The molecule has 1 aliphatic heterocycles. The zero-order valence-corrected chi connectivity index (χ0v) is 13.2. The van der Waals surface area contributed by atoms with E-state index in [1.54, 1.807) is 0 Å². The van der Waals surface area contributed by atoms with Crippen molar-refractivity contribution >= 4 is 27.3 Å². The number of carbonyl (C=O) groups excluding carboxylic acids is 2. The summed E-state index contributed by atoms with van der Waals surface area (Å²) < 4.78 is 23.4. The van der Waals surface area contributed by atoms with Gasteiger partial charge in [0.25, 0.3) is 0 Å². The van der Waals surface area contributed by atoms with E-state index in [1.807, 2.05) is 12.2 Å². The summed E-state index contributed by atoms with van der Waals surface area (Å²) in [6.45, 7) is 0. The number of rotatable bonds is 2. The van der Waals surface area contributed by atoms with Gasteiger partial charge in [0.15, 0.2) is 9.84 Å². The van der Waals surface area contributed by atoms with Gasteiger partial charge >= 0.3 is 0 Å². The van der Waals surface area contributed by atoms with Crippen LogP contribution in [-0.2, 0) is 19.4 Å². The van der Waals surface area contributed by atoms with Gasteiger partial charge in [-0.15, -0.1) is 0 Å². The summed E-state index contributed by atoms with van der Waals surface area (Å²) >= 11 is 0. The van der Waals surface area contributed by atoms with E-state index in [9.17, 15) is 23.1 Å². The minimum absolute atomic E-state index is 0.0379. The highest BCUT2D eigenvalue weighted by Gasteiger charge is 2.59. The van der Waals surface area contributed by atoms with Crippen LogP contribution in [0.3, 0.4) is 0 Å². The van der Waals surface area contributed by atoms with E-state index in [0.29, 0.717) is 0 Å². The highest BCUT2D eigenvalue weighted by atomic mass is 32.2. The molecular formula is C16H15NO5S. The fraction of sp³-hybridized carbons (Fsp3) is 0.375. The van der Waals surface area contributed by atoms with Crippen molar-refractivity contribution in [1.82, 2.24) is 0 Å². The molecule has 2 aliphatic carbocycles. The van der Waals surface area contributed by atoms with Gasteiger partial charge < -0.3 is 5.11 Å². The molecule has 0 spiro atoms. The monoisotopic (exact) mass is 333 g/mol. The number of imide groups is 1. The molecule has 120 valence electrons. The Hall–Kier alpha value is -2.15. The van der Waals surface area contributed by atoms with Gasteiger partial charge in [-0.1, -0.05) is 12.2 Å². The zero-order chi connectivity index (χ0) is 16.5. The third-order valence-corrected chi connectivity index (χ3v) is 6.20. The number of phenols is 1. The molecule has 23 heavy (non-hydrogen) atoms. The predicted octanol–water partition coefficient (Wildman–Crippen LogP) is 1.11. The number of hydrogen-bond acceptors (Lipinski definition) is 5. The Kier molecular flexibility index (Phi) is 2.79. The smallest absolute Gasteiger partial charge is 0.238 e. The van der Waals surface area contributed by atoms with Gasteiger partial charge in [-0.3, -0.25) is 9.59 Å². The first-order valence-corrected chi connectivity index (χ1v) is 9.27. The minimum atomic E-state index is -3.51. The van der Waals surface area contributed by atoms with Gasteiger partial charge in [-0.05, 0) is 36.5 Å². The number of nitrogens with zero attached hydrogens (tertiary/aromatic N) is 1. The van der Waals surface area contributed by atoms with E-state index in [-0.39, 0.29) is 40.0 Å². The second-order valence-corrected chi connectivity index (χ2v) is 8.45. The lowest BCUT2D eigenvalue weighted by molar-refractivity contribution is -0.123. The van der Waals surface area contributed by atoms with Crippen molar-refractivity contribution in [1.29, 1.82) is 0 Å². The average molecular weight is 333 g/mol. The van der Waals surface area contributed by atoms with Gasteiger partial charge in [0.2, 0.25) is 11.8 Å². The number of anilines is 1. The Morgan fingerprint density at radius 3 is 2.17 bits per heavy atom.